The molecule has 0 unspecified atom stereocenters. The highest BCUT2D eigenvalue weighted by atomic mass is 19.1. The van der Waals surface area contributed by atoms with Crippen molar-refractivity contribution in [2.45, 2.75) is 26.7 Å². The van der Waals surface area contributed by atoms with E-state index in [0.29, 0.717) is 11.5 Å². The minimum atomic E-state index is -0.344. The number of halogens is 1. The first-order chi connectivity index (χ1) is 12.9. The third-order valence-electron chi connectivity index (χ3n) is 4.15. The molecule has 0 aliphatic carbocycles. The van der Waals surface area contributed by atoms with Crippen LogP contribution in [0.4, 0.5) is 21.6 Å². The molecule has 0 aliphatic heterocycles. The van der Waals surface area contributed by atoms with E-state index in [1.807, 2.05) is 25.1 Å². The molecule has 0 saturated carbocycles. The quantitative estimate of drug-likeness (QED) is 0.665. The Balaban J connectivity index is 1.75. The molecule has 1 heterocycles. The van der Waals surface area contributed by atoms with Gasteiger partial charge >= 0.3 is 0 Å². The fourth-order valence-electron chi connectivity index (χ4n) is 2.74. The summed E-state index contributed by atoms with van der Waals surface area (Å²) in [5, 5.41) is 5.89. The van der Waals surface area contributed by atoms with Gasteiger partial charge in [-0.3, -0.25) is 4.79 Å². The lowest BCUT2D eigenvalue weighted by Crippen LogP contribution is -2.16. The van der Waals surface area contributed by atoms with E-state index in [0.717, 1.165) is 16.8 Å². The molecule has 0 spiro atoms. The maximum absolute atomic E-state index is 13.2. The predicted molar refractivity (Wildman–Crippen MR) is 105 cm³/mol. The van der Waals surface area contributed by atoms with Gasteiger partial charge in [-0.1, -0.05) is 38.1 Å². The van der Waals surface area contributed by atoms with E-state index in [2.05, 4.69) is 34.4 Å². The summed E-state index contributed by atoms with van der Waals surface area (Å²) in [6.45, 7) is 6.12. The molecule has 0 saturated heterocycles. The van der Waals surface area contributed by atoms with E-state index in [9.17, 15) is 9.18 Å². The molecule has 0 aliphatic rings. The summed E-state index contributed by atoms with van der Waals surface area (Å²) >= 11 is 0. The summed E-state index contributed by atoms with van der Waals surface area (Å²) in [7, 11) is 0. The number of hydrogen-bond acceptors (Lipinski definition) is 4. The lowest BCUT2D eigenvalue weighted by atomic mass is 9.98. The van der Waals surface area contributed by atoms with Crippen molar-refractivity contribution in [2.75, 3.05) is 10.6 Å². The van der Waals surface area contributed by atoms with Gasteiger partial charge in [0.05, 0.1) is 12.4 Å². The highest BCUT2D eigenvalue weighted by Crippen LogP contribution is 2.27. The second-order valence-electron chi connectivity index (χ2n) is 6.57. The number of rotatable bonds is 5. The molecule has 27 heavy (non-hydrogen) atoms. The molecule has 5 nitrogen and oxygen atoms in total. The zero-order valence-corrected chi connectivity index (χ0v) is 15.5. The van der Waals surface area contributed by atoms with Crippen LogP contribution in [0.25, 0.3) is 0 Å². The van der Waals surface area contributed by atoms with Crippen LogP contribution in [-0.4, -0.2) is 15.9 Å². The smallest absolute Gasteiger partial charge is 0.275 e. The number of para-hydroxylation sites is 1. The van der Waals surface area contributed by atoms with Gasteiger partial charge in [0, 0.05) is 11.4 Å². The SMILES string of the molecule is Cc1cccc(C(C)C)c1NC(=O)c1cnc(Nc2cccc(F)c2)cn1. The first-order valence-corrected chi connectivity index (χ1v) is 8.69. The van der Waals surface area contributed by atoms with Crippen LogP contribution in [0.5, 0.6) is 0 Å². The van der Waals surface area contributed by atoms with Crippen LogP contribution in [0.15, 0.2) is 54.9 Å². The maximum atomic E-state index is 13.2. The number of carbonyl (C=O) groups is 1. The highest BCUT2D eigenvalue weighted by Gasteiger charge is 2.14. The van der Waals surface area contributed by atoms with Gasteiger partial charge in [-0.05, 0) is 42.2 Å². The van der Waals surface area contributed by atoms with Gasteiger partial charge in [-0.15, -0.1) is 0 Å². The Morgan fingerprint density at radius 1 is 1.07 bits per heavy atom. The van der Waals surface area contributed by atoms with Gasteiger partial charge in [0.15, 0.2) is 0 Å². The van der Waals surface area contributed by atoms with Crippen LogP contribution in [0, 0.1) is 12.7 Å². The van der Waals surface area contributed by atoms with E-state index < -0.39 is 0 Å². The number of nitrogens with zero attached hydrogens (tertiary/aromatic N) is 2. The van der Waals surface area contributed by atoms with Gasteiger partial charge in [-0.25, -0.2) is 14.4 Å². The van der Waals surface area contributed by atoms with Crippen LogP contribution < -0.4 is 10.6 Å². The Morgan fingerprint density at radius 2 is 1.85 bits per heavy atom. The van der Waals surface area contributed by atoms with Gasteiger partial charge in [0.1, 0.15) is 17.3 Å². The summed E-state index contributed by atoms with van der Waals surface area (Å²) in [4.78, 5) is 20.9. The van der Waals surface area contributed by atoms with Gasteiger partial charge in [0.2, 0.25) is 0 Å². The van der Waals surface area contributed by atoms with Crippen molar-refractivity contribution in [1.82, 2.24) is 9.97 Å². The zero-order valence-electron chi connectivity index (χ0n) is 15.5. The van der Waals surface area contributed by atoms with Crippen LogP contribution in [0.2, 0.25) is 0 Å². The van der Waals surface area contributed by atoms with Crippen LogP contribution in [-0.2, 0) is 0 Å². The van der Waals surface area contributed by atoms with E-state index in [1.165, 1.54) is 24.5 Å². The Bertz CT molecular complexity index is 955. The molecule has 2 aromatic carbocycles. The van der Waals surface area contributed by atoms with Crippen molar-refractivity contribution in [2.24, 2.45) is 0 Å². The Hall–Kier alpha value is -3.28. The Labute approximate surface area is 157 Å². The third-order valence-corrected chi connectivity index (χ3v) is 4.15. The zero-order chi connectivity index (χ0) is 19.4. The lowest BCUT2D eigenvalue weighted by molar-refractivity contribution is 0.102. The largest absolute Gasteiger partial charge is 0.339 e. The third kappa shape index (κ3) is 4.47. The molecule has 1 amide bonds. The number of anilines is 3. The van der Waals surface area contributed by atoms with Crippen molar-refractivity contribution in [1.29, 1.82) is 0 Å². The molecule has 6 heteroatoms. The average Bonchev–Trinajstić information content (AvgIpc) is 2.63. The number of amides is 1. The number of hydrogen-bond donors (Lipinski definition) is 2. The van der Waals surface area contributed by atoms with E-state index >= 15 is 0 Å². The van der Waals surface area contributed by atoms with E-state index in [1.54, 1.807) is 12.1 Å². The van der Waals surface area contributed by atoms with Crippen LogP contribution in [0.3, 0.4) is 0 Å². The summed E-state index contributed by atoms with van der Waals surface area (Å²) in [6, 6.07) is 12.0. The molecule has 138 valence electrons. The van der Waals surface area contributed by atoms with Crippen molar-refractivity contribution in [3.8, 4) is 0 Å². The van der Waals surface area contributed by atoms with Crippen LogP contribution >= 0.6 is 0 Å². The standard InChI is InChI=1S/C21H21FN4O/c1-13(2)17-9-4-6-14(3)20(17)26-21(27)18-11-24-19(12-23-18)25-16-8-5-7-15(22)10-16/h4-13H,1-3H3,(H,24,25)(H,26,27). The first kappa shape index (κ1) is 18.5. The highest BCUT2D eigenvalue weighted by molar-refractivity contribution is 6.03. The maximum Gasteiger partial charge on any atom is 0.275 e. The summed E-state index contributed by atoms with van der Waals surface area (Å²) < 4.78 is 13.2. The fourth-order valence-corrected chi connectivity index (χ4v) is 2.74. The number of nitrogens with one attached hydrogen (secondary N) is 2. The fraction of sp³-hybridized carbons (Fsp3) is 0.190. The first-order valence-electron chi connectivity index (χ1n) is 8.69. The molecule has 3 aromatic rings. The molecule has 0 bridgehead atoms. The second-order valence-corrected chi connectivity index (χ2v) is 6.57. The minimum Gasteiger partial charge on any atom is -0.339 e. The summed E-state index contributed by atoms with van der Waals surface area (Å²) in [6.07, 6.45) is 2.84. The molecule has 0 fully saturated rings. The molecular formula is C21H21FN4O. The Kier molecular flexibility index (Phi) is 5.45. The molecule has 0 radical (unpaired) electrons. The predicted octanol–water partition coefficient (Wildman–Crippen LogP) is 5.04. The minimum absolute atomic E-state index is 0.206. The average molecular weight is 364 g/mol. The van der Waals surface area contributed by atoms with Crippen LogP contribution in [0.1, 0.15) is 41.4 Å². The Morgan fingerprint density at radius 3 is 2.52 bits per heavy atom. The number of carbonyl (C=O) groups excluding carboxylic acids is 1. The van der Waals surface area contributed by atoms with Crippen molar-refractivity contribution in [3.05, 3.63) is 77.5 Å². The molecule has 1 aromatic heterocycles. The van der Waals surface area contributed by atoms with E-state index in [-0.39, 0.29) is 23.3 Å². The van der Waals surface area contributed by atoms with Crippen molar-refractivity contribution in [3.63, 3.8) is 0 Å². The monoisotopic (exact) mass is 364 g/mol. The van der Waals surface area contributed by atoms with Gasteiger partial charge in [-0.2, -0.15) is 0 Å². The molecular weight excluding hydrogens is 343 g/mol. The van der Waals surface area contributed by atoms with Crippen molar-refractivity contribution >= 4 is 23.1 Å². The van der Waals surface area contributed by atoms with Crippen molar-refractivity contribution < 1.29 is 9.18 Å². The normalized spacial score (nSPS) is 10.7. The number of aryl methyl sites for hydroxylation is 1. The second kappa shape index (κ2) is 7.95. The topological polar surface area (TPSA) is 66.9 Å². The number of aromatic nitrogens is 2. The summed E-state index contributed by atoms with van der Waals surface area (Å²) in [5.41, 5.74) is 3.63. The molecule has 0 atom stereocenters. The van der Waals surface area contributed by atoms with Gasteiger partial charge < -0.3 is 10.6 Å². The molecule has 2 N–H and O–H groups in total. The lowest BCUT2D eigenvalue weighted by Gasteiger charge is -2.16. The van der Waals surface area contributed by atoms with E-state index in [4.69, 9.17) is 0 Å². The molecule has 3 rings (SSSR count). The van der Waals surface area contributed by atoms with Gasteiger partial charge in [0.25, 0.3) is 5.91 Å². The summed E-state index contributed by atoms with van der Waals surface area (Å²) in [5.74, 6) is 0.0409. The number of benzene rings is 2.